The molecule has 0 fully saturated rings. The number of halogens is 5. The molecule has 1 aromatic heterocycles. The maximum Gasteiger partial charge on any atom is 0.344 e. The Morgan fingerprint density at radius 3 is 2.18 bits per heavy atom. The van der Waals surface area contributed by atoms with E-state index in [0.717, 1.165) is 12.1 Å². The quantitative estimate of drug-likeness (QED) is 0.121. The molecule has 0 saturated carbocycles. The van der Waals surface area contributed by atoms with Crippen molar-refractivity contribution in [3.63, 3.8) is 0 Å². The Labute approximate surface area is 184 Å². The second-order valence-electron chi connectivity index (χ2n) is 7.58. The van der Waals surface area contributed by atoms with Crippen LogP contribution in [0.15, 0.2) is 46.1 Å². The number of carbonyl (C=O) groups is 1. The first-order chi connectivity index (χ1) is 15.4. The molecule has 174 valence electrons. The molecular formula is C23H17F5O5. The first-order valence-corrected chi connectivity index (χ1v) is 9.49. The molecule has 1 heterocycles. The van der Waals surface area contributed by atoms with Gasteiger partial charge in [0.15, 0.2) is 23.3 Å². The molecule has 0 radical (unpaired) electrons. The molecule has 0 bridgehead atoms. The van der Waals surface area contributed by atoms with Gasteiger partial charge in [-0.1, -0.05) is 6.58 Å². The summed E-state index contributed by atoms with van der Waals surface area (Å²) < 4.78 is 84.7. The Morgan fingerprint density at radius 1 is 1.03 bits per heavy atom. The standard InChI is InChI=1S/C23H17F5O5/c1-5-15(29)33-23(3,4)10(2)31-12-7-6-11-8-13(22(30)32-14(11)9-12)16-17(24)19(26)21(28)20(27)18(16)25/h5-10H,1H2,2-4H3. The first kappa shape index (κ1) is 24.0. The fraction of sp³-hybridized carbons (Fsp3) is 0.217. The molecule has 0 aliphatic rings. The summed E-state index contributed by atoms with van der Waals surface area (Å²) in [6.45, 7) is 8.16. The molecule has 0 aliphatic carbocycles. The summed E-state index contributed by atoms with van der Waals surface area (Å²) in [6, 6.07) is 5.02. The third-order valence-corrected chi connectivity index (χ3v) is 5.01. The highest BCUT2D eigenvalue weighted by Crippen LogP contribution is 2.32. The summed E-state index contributed by atoms with van der Waals surface area (Å²) in [5, 5.41) is 0.130. The largest absolute Gasteiger partial charge is 0.486 e. The Bertz CT molecular complexity index is 1300. The van der Waals surface area contributed by atoms with Crippen LogP contribution in [0.3, 0.4) is 0 Å². The lowest BCUT2D eigenvalue weighted by Gasteiger charge is -2.31. The number of fused-ring (bicyclic) bond motifs is 1. The zero-order valence-corrected chi connectivity index (χ0v) is 17.6. The van der Waals surface area contributed by atoms with Gasteiger partial charge in [-0.3, -0.25) is 0 Å². The molecule has 1 unspecified atom stereocenters. The predicted octanol–water partition coefficient (Wildman–Crippen LogP) is 5.43. The molecule has 3 rings (SSSR count). The van der Waals surface area contributed by atoms with E-state index >= 15 is 0 Å². The molecule has 0 N–H and O–H groups in total. The minimum absolute atomic E-state index is 0.0711. The third kappa shape index (κ3) is 4.46. The Morgan fingerprint density at radius 2 is 1.61 bits per heavy atom. The van der Waals surface area contributed by atoms with Gasteiger partial charge in [0.2, 0.25) is 5.82 Å². The molecule has 3 aromatic rings. The minimum Gasteiger partial charge on any atom is -0.486 e. The van der Waals surface area contributed by atoms with Crippen molar-refractivity contribution >= 4 is 16.9 Å². The van der Waals surface area contributed by atoms with Gasteiger partial charge in [-0.15, -0.1) is 0 Å². The Balaban J connectivity index is 2.01. The highest BCUT2D eigenvalue weighted by atomic mass is 19.2. The Kier molecular flexibility index (Phi) is 6.31. The molecule has 0 amide bonds. The lowest BCUT2D eigenvalue weighted by molar-refractivity contribution is -0.158. The fourth-order valence-corrected chi connectivity index (χ4v) is 2.91. The van der Waals surface area contributed by atoms with E-state index in [-0.39, 0.29) is 16.7 Å². The maximum absolute atomic E-state index is 14.1. The SMILES string of the molecule is C=CC(=O)OC(C)(C)C(C)Oc1ccc2cc(-c3c(F)c(F)c(F)c(F)c3F)c(=O)oc2c1. The van der Waals surface area contributed by atoms with Crippen molar-refractivity contribution in [3.05, 3.63) is 76.4 Å². The van der Waals surface area contributed by atoms with Gasteiger partial charge in [-0.05, 0) is 39.0 Å². The van der Waals surface area contributed by atoms with Gasteiger partial charge in [0.05, 0.1) is 11.1 Å². The molecule has 2 aromatic carbocycles. The van der Waals surface area contributed by atoms with E-state index in [1.165, 1.54) is 18.2 Å². The monoisotopic (exact) mass is 468 g/mol. The van der Waals surface area contributed by atoms with Crippen molar-refractivity contribution in [1.29, 1.82) is 0 Å². The van der Waals surface area contributed by atoms with Crippen LogP contribution in [0.2, 0.25) is 0 Å². The van der Waals surface area contributed by atoms with Gasteiger partial charge in [-0.25, -0.2) is 31.5 Å². The van der Waals surface area contributed by atoms with Crippen LogP contribution >= 0.6 is 0 Å². The molecule has 5 nitrogen and oxygen atoms in total. The van der Waals surface area contributed by atoms with E-state index in [2.05, 4.69) is 6.58 Å². The number of esters is 1. The van der Waals surface area contributed by atoms with E-state index < -0.39 is 63.5 Å². The van der Waals surface area contributed by atoms with Crippen molar-refractivity contribution in [2.45, 2.75) is 32.5 Å². The second-order valence-corrected chi connectivity index (χ2v) is 7.58. The number of hydrogen-bond acceptors (Lipinski definition) is 5. The summed E-state index contributed by atoms with van der Waals surface area (Å²) >= 11 is 0. The van der Waals surface area contributed by atoms with Crippen LogP contribution in [-0.4, -0.2) is 17.7 Å². The lowest BCUT2D eigenvalue weighted by Crippen LogP contribution is -2.42. The van der Waals surface area contributed by atoms with E-state index in [1.54, 1.807) is 20.8 Å². The average Bonchev–Trinajstić information content (AvgIpc) is 2.76. The topological polar surface area (TPSA) is 65.7 Å². The van der Waals surface area contributed by atoms with Gasteiger partial charge in [0.1, 0.15) is 23.0 Å². The van der Waals surface area contributed by atoms with Crippen molar-refractivity contribution in [2.24, 2.45) is 0 Å². The van der Waals surface area contributed by atoms with Crippen LogP contribution < -0.4 is 10.4 Å². The molecule has 1 atom stereocenters. The molecule has 0 spiro atoms. The number of rotatable bonds is 6. The zero-order valence-electron chi connectivity index (χ0n) is 17.6. The fourth-order valence-electron chi connectivity index (χ4n) is 2.91. The normalized spacial score (nSPS) is 12.5. The summed E-state index contributed by atoms with van der Waals surface area (Å²) in [4.78, 5) is 23.8. The Hall–Kier alpha value is -3.69. The van der Waals surface area contributed by atoms with Gasteiger partial charge in [-0.2, -0.15) is 0 Å². The molecule has 0 saturated heterocycles. The molecule has 10 heteroatoms. The molecule has 33 heavy (non-hydrogen) atoms. The van der Waals surface area contributed by atoms with Crippen molar-refractivity contribution in [3.8, 4) is 16.9 Å². The van der Waals surface area contributed by atoms with E-state index in [1.807, 2.05) is 0 Å². The van der Waals surface area contributed by atoms with Crippen LogP contribution in [0.4, 0.5) is 22.0 Å². The first-order valence-electron chi connectivity index (χ1n) is 9.49. The van der Waals surface area contributed by atoms with Crippen molar-refractivity contribution in [1.82, 2.24) is 0 Å². The number of hydrogen-bond donors (Lipinski definition) is 0. The van der Waals surface area contributed by atoms with Crippen LogP contribution in [0.1, 0.15) is 20.8 Å². The van der Waals surface area contributed by atoms with E-state index in [0.29, 0.717) is 0 Å². The average molecular weight is 468 g/mol. The molecule has 0 aliphatic heterocycles. The molecular weight excluding hydrogens is 451 g/mol. The van der Waals surface area contributed by atoms with Gasteiger partial charge in [0.25, 0.3) is 0 Å². The van der Waals surface area contributed by atoms with Crippen LogP contribution in [-0.2, 0) is 9.53 Å². The predicted molar refractivity (Wildman–Crippen MR) is 108 cm³/mol. The lowest BCUT2D eigenvalue weighted by atomic mass is 10.0. The van der Waals surface area contributed by atoms with Gasteiger partial charge >= 0.3 is 11.6 Å². The summed E-state index contributed by atoms with van der Waals surface area (Å²) in [7, 11) is 0. The highest BCUT2D eigenvalue weighted by molar-refractivity contribution is 5.83. The van der Waals surface area contributed by atoms with Gasteiger partial charge < -0.3 is 13.9 Å². The van der Waals surface area contributed by atoms with Crippen molar-refractivity contribution < 1.29 is 40.6 Å². The number of carbonyl (C=O) groups excluding carboxylic acids is 1. The maximum atomic E-state index is 14.1. The summed E-state index contributed by atoms with van der Waals surface area (Å²) in [5.74, 6) is -11.4. The zero-order chi connectivity index (χ0) is 24.7. The summed E-state index contributed by atoms with van der Waals surface area (Å²) in [5.41, 5.74) is -4.68. The van der Waals surface area contributed by atoms with Crippen LogP contribution in [0.5, 0.6) is 5.75 Å². The third-order valence-electron chi connectivity index (χ3n) is 5.01. The van der Waals surface area contributed by atoms with Crippen molar-refractivity contribution in [2.75, 3.05) is 0 Å². The number of benzene rings is 2. The van der Waals surface area contributed by atoms with Crippen LogP contribution in [0.25, 0.3) is 22.1 Å². The minimum atomic E-state index is -2.34. The van der Waals surface area contributed by atoms with E-state index in [9.17, 15) is 31.5 Å². The second kappa shape index (κ2) is 8.68. The number of ether oxygens (including phenoxy) is 2. The van der Waals surface area contributed by atoms with Crippen LogP contribution in [0, 0.1) is 29.1 Å². The van der Waals surface area contributed by atoms with Gasteiger partial charge in [0, 0.05) is 17.5 Å². The summed E-state index contributed by atoms with van der Waals surface area (Å²) in [6.07, 6.45) is 0.333. The highest BCUT2D eigenvalue weighted by Gasteiger charge is 2.32. The smallest absolute Gasteiger partial charge is 0.344 e. The van der Waals surface area contributed by atoms with E-state index in [4.69, 9.17) is 13.9 Å².